The van der Waals surface area contributed by atoms with Crippen LogP contribution in [-0.4, -0.2) is 58.4 Å². The van der Waals surface area contributed by atoms with Crippen LogP contribution in [-0.2, 0) is 6.54 Å². The number of piperazine rings is 1. The second-order valence-corrected chi connectivity index (χ2v) is 8.78. The van der Waals surface area contributed by atoms with E-state index < -0.39 is 0 Å². The van der Waals surface area contributed by atoms with E-state index in [1.807, 2.05) is 30.5 Å². The molecule has 0 radical (unpaired) electrons. The average molecular weight is 437 g/mol. The van der Waals surface area contributed by atoms with Crippen LogP contribution in [0.4, 0.5) is 5.69 Å². The minimum absolute atomic E-state index is 0.361. The molecule has 1 saturated heterocycles. The first-order chi connectivity index (χ1) is 15.1. The third-order valence-electron chi connectivity index (χ3n) is 5.12. The van der Waals surface area contributed by atoms with E-state index in [4.69, 9.17) is 10.7 Å². The van der Waals surface area contributed by atoms with Gasteiger partial charge in [0.05, 0.1) is 17.7 Å². The van der Waals surface area contributed by atoms with E-state index in [1.54, 1.807) is 11.3 Å². The van der Waals surface area contributed by atoms with Crippen LogP contribution in [0.5, 0.6) is 0 Å². The fourth-order valence-corrected chi connectivity index (χ4v) is 4.33. The summed E-state index contributed by atoms with van der Waals surface area (Å²) in [4.78, 5) is 14.9. The molecule has 8 nitrogen and oxygen atoms in total. The van der Waals surface area contributed by atoms with Crippen molar-refractivity contribution in [3.05, 3.63) is 52.8 Å². The van der Waals surface area contributed by atoms with Gasteiger partial charge in [-0.25, -0.2) is 9.98 Å². The lowest BCUT2D eigenvalue weighted by molar-refractivity contribution is 0.233. The maximum Gasteiger partial charge on any atom is 0.178 e. The molecule has 0 saturated carbocycles. The number of H-pyrrole nitrogens is 1. The van der Waals surface area contributed by atoms with Crippen molar-refractivity contribution < 1.29 is 0 Å². The molecule has 162 valence electrons. The Hall–Kier alpha value is -2.88. The van der Waals surface area contributed by atoms with Gasteiger partial charge in [0.25, 0.3) is 0 Å². The highest BCUT2D eigenvalue weighted by molar-refractivity contribution is 7.14. The van der Waals surface area contributed by atoms with Gasteiger partial charge in [0.1, 0.15) is 10.0 Å². The summed E-state index contributed by atoms with van der Waals surface area (Å²) >= 11 is 1.61. The molecule has 4 rings (SSSR count). The fourth-order valence-electron chi connectivity index (χ4n) is 3.49. The van der Waals surface area contributed by atoms with Crippen molar-refractivity contribution in [2.75, 3.05) is 26.2 Å². The van der Waals surface area contributed by atoms with Gasteiger partial charge in [0, 0.05) is 50.4 Å². The summed E-state index contributed by atoms with van der Waals surface area (Å²) in [5, 5.41) is 14.0. The van der Waals surface area contributed by atoms with Gasteiger partial charge in [-0.1, -0.05) is 37.3 Å². The number of aromatic nitrogens is 3. The molecule has 0 spiro atoms. The molecule has 3 heterocycles. The Morgan fingerprint density at radius 3 is 2.84 bits per heavy atom. The number of hydrogen-bond acceptors (Lipinski definition) is 6. The molecule has 2 aromatic heterocycles. The maximum absolute atomic E-state index is 5.65. The molecule has 1 aliphatic heterocycles. The highest BCUT2D eigenvalue weighted by Gasteiger charge is 2.16. The summed E-state index contributed by atoms with van der Waals surface area (Å²) < 4.78 is 0. The van der Waals surface area contributed by atoms with Gasteiger partial charge >= 0.3 is 0 Å². The third kappa shape index (κ3) is 5.25. The molecule has 31 heavy (non-hydrogen) atoms. The second kappa shape index (κ2) is 9.95. The van der Waals surface area contributed by atoms with Crippen LogP contribution in [0, 0.1) is 0 Å². The van der Waals surface area contributed by atoms with E-state index >= 15 is 0 Å². The third-order valence-corrected chi connectivity index (χ3v) is 6.39. The monoisotopic (exact) mass is 436 g/mol. The molecule has 3 aromatic rings. The van der Waals surface area contributed by atoms with Gasteiger partial charge in [0.15, 0.2) is 5.84 Å². The Bertz CT molecular complexity index is 1060. The Balaban J connectivity index is 1.62. The molecular formula is C22H28N8S. The zero-order valence-electron chi connectivity index (χ0n) is 17.9. The Morgan fingerprint density at radius 1 is 1.26 bits per heavy atom. The number of rotatable bonds is 6. The number of nitrogens with two attached hydrogens (primary N) is 1. The van der Waals surface area contributed by atoms with Gasteiger partial charge < -0.3 is 16.0 Å². The fraction of sp³-hybridized carbons (Fsp3) is 0.364. The van der Waals surface area contributed by atoms with Gasteiger partial charge in [-0.05, 0) is 23.8 Å². The van der Waals surface area contributed by atoms with Crippen molar-refractivity contribution in [1.29, 1.82) is 0 Å². The Labute approximate surface area is 186 Å². The standard InChI is InChI=1S/C22H28N8S/c1-15(2)21-28-29-22(31-21)16-4-3-5-18(12-16)27-20(26-14-23)19-17(6-7-25-19)13-30-10-8-24-9-11-30/h3-7,12,14-15,24-25H,8-11,13H2,1-2H3,(H2,23,26,27). The lowest BCUT2D eigenvalue weighted by atomic mass is 10.2. The molecule has 0 bridgehead atoms. The lowest BCUT2D eigenvalue weighted by Crippen LogP contribution is -2.43. The summed E-state index contributed by atoms with van der Waals surface area (Å²) in [6, 6.07) is 10.1. The highest BCUT2D eigenvalue weighted by atomic mass is 32.1. The first-order valence-corrected chi connectivity index (χ1v) is 11.3. The smallest absolute Gasteiger partial charge is 0.178 e. The molecule has 1 aliphatic rings. The van der Waals surface area contributed by atoms with Crippen molar-refractivity contribution in [2.45, 2.75) is 26.3 Å². The van der Waals surface area contributed by atoms with E-state index in [1.165, 1.54) is 6.34 Å². The highest BCUT2D eigenvalue weighted by Crippen LogP contribution is 2.30. The zero-order chi connectivity index (χ0) is 21.6. The quantitative estimate of drug-likeness (QED) is 0.406. The van der Waals surface area contributed by atoms with Gasteiger partial charge in [-0.2, -0.15) is 0 Å². The summed E-state index contributed by atoms with van der Waals surface area (Å²) in [5.74, 6) is 0.926. The number of amidine groups is 1. The molecule has 1 fully saturated rings. The van der Waals surface area contributed by atoms with Crippen molar-refractivity contribution >= 4 is 29.2 Å². The SMILES string of the molecule is CC(C)c1nnc(-c2cccc(N=C(N=CN)c3[nH]ccc3CN3CCNCC3)c2)s1. The van der Waals surface area contributed by atoms with Gasteiger partial charge in [0.2, 0.25) is 0 Å². The number of hydrogen-bond donors (Lipinski definition) is 3. The number of aliphatic imine (C=N–C) groups is 2. The molecule has 0 unspecified atom stereocenters. The Kier molecular flexibility index (Phi) is 6.86. The molecule has 4 N–H and O–H groups in total. The van der Waals surface area contributed by atoms with Crippen molar-refractivity contribution in [2.24, 2.45) is 15.7 Å². The molecule has 0 amide bonds. The van der Waals surface area contributed by atoms with Crippen LogP contribution in [0.25, 0.3) is 10.6 Å². The topological polar surface area (TPSA) is 108 Å². The van der Waals surface area contributed by atoms with Crippen molar-refractivity contribution in [1.82, 2.24) is 25.4 Å². The summed E-state index contributed by atoms with van der Waals surface area (Å²) in [7, 11) is 0. The number of aromatic amines is 1. The van der Waals surface area contributed by atoms with Crippen molar-refractivity contribution in [3.63, 3.8) is 0 Å². The van der Waals surface area contributed by atoms with E-state index in [0.29, 0.717) is 11.8 Å². The second-order valence-electron chi connectivity index (χ2n) is 7.77. The number of nitrogens with zero attached hydrogens (tertiary/aromatic N) is 5. The molecule has 0 atom stereocenters. The molecule has 0 aliphatic carbocycles. The number of nitrogens with one attached hydrogen (secondary N) is 2. The summed E-state index contributed by atoms with van der Waals surface area (Å²) in [6.07, 6.45) is 3.22. The zero-order valence-corrected chi connectivity index (χ0v) is 18.7. The van der Waals surface area contributed by atoms with Crippen LogP contribution in [0.3, 0.4) is 0 Å². The van der Waals surface area contributed by atoms with Crippen LogP contribution in [0.1, 0.15) is 36.0 Å². The molecule has 1 aromatic carbocycles. The van der Waals surface area contributed by atoms with Crippen LogP contribution < -0.4 is 11.1 Å². The van der Waals surface area contributed by atoms with E-state index in [-0.39, 0.29) is 0 Å². The normalized spacial score (nSPS) is 15.9. The van der Waals surface area contributed by atoms with Gasteiger partial charge in [-0.3, -0.25) is 4.90 Å². The maximum atomic E-state index is 5.65. The summed E-state index contributed by atoms with van der Waals surface area (Å²) in [5.41, 5.74) is 9.49. The predicted octanol–water partition coefficient (Wildman–Crippen LogP) is 3.13. The number of benzene rings is 1. The van der Waals surface area contributed by atoms with E-state index in [2.05, 4.69) is 50.3 Å². The van der Waals surface area contributed by atoms with E-state index in [9.17, 15) is 0 Å². The Morgan fingerprint density at radius 2 is 2.10 bits per heavy atom. The molecule has 9 heteroatoms. The first-order valence-electron chi connectivity index (χ1n) is 10.5. The van der Waals surface area contributed by atoms with Crippen LogP contribution in [0.2, 0.25) is 0 Å². The lowest BCUT2D eigenvalue weighted by Gasteiger charge is -2.27. The first kappa shape index (κ1) is 21.4. The summed E-state index contributed by atoms with van der Waals surface area (Å²) in [6.45, 7) is 9.17. The predicted molar refractivity (Wildman–Crippen MR) is 127 cm³/mol. The van der Waals surface area contributed by atoms with Gasteiger partial charge in [-0.15, -0.1) is 10.2 Å². The minimum Gasteiger partial charge on any atom is -0.390 e. The minimum atomic E-state index is 0.361. The van der Waals surface area contributed by atoms with Crippen molar-refractivity contribution in [3.8, 4) is 10.6 Å². The largest absolute Gasteiger partial charge is 0.390 e. The van der Waals surface area contributed by atoms with E-state index in [0.717, 1.165) is 65.2 Å². The van der Waals surface area contributed by atoms with Crippen LogP contribution >= 0.6 is 11.3 Å². The molecular weight excluding hydrogens is 408 g/mol. The average Bonchev–Trinajstić information content (AvgIpc) is 3.45. The van der Waals surface area contributed by atoms with Crippen LogP contribution in [0.15, 0.2) is 46.5 Å².